The van der Waals surface area contributed by atoms with Gasteiger partial charge in [-0.15, -0.1) is 0 Å². The van der Waals surface area contributed by atoms with E-state index in [0.717, 1.165) is 16.5 Å². The zero-order chi connectivity index (χ0) is 20.8. The van der Waals surface area contributed by atoms with E-state index in [2.05, 4.69) is 20.1 Å². The number of fused-ring (bicyclic) bond motifs is 1. The van der Waals surface area contributed by atoms with Crippen molar-refractivity contribution in [2.75, 3.05) is 31.4 Å². The normalized spacial score (nSPS) is 10.3. The van der Waals surface area contributed by atoms with Crippen molar-refractivity contribution in [1.29, 1.82) is 0 Å². The molecule has 7 heteroatoms. The van der Waals surface area contributed by atoms with E-state index in [1.54, 1.807) is 0 Å². The maximum atomic E-state index is 12.3. The molecule has 0 aromatic heterocycles. The van der Waals surface area contributed by atoms with Gasteiger partial charge < -0.3 is 20.1 Å². The summed E-state index contributed by atoms with van der Waals surface area (Å²) in [6, 6.07) is 18.0. The van der Waals surface area contributed by atoms with E-state index in [1.165, 1.54) is 32.4 Å². The van der Waals surface area contributed by atoms with E-state index >= 15 is 0 Å². The Morgan fingerprint density at radius 1 is 0.759 bits per heavy atom. The molecule has 0 aliphatic carbocycles. The lowest BCUT2D eigenvalue weighted by Gasteiger charge is -2.11. The average molecular weight is 392 g/mol. The second-order valence-electron chi connectivity index (χ2n) is 6.25. The largest absolute Gasteiger partial charge is 0.465 e. The standard InChI is InChI=1S/C22H20N2O5/c1-28-21(26)16-9-17(22(27)29-2)12-19(11-16)24-20(25)13-23-18-8-7-14-5-3-4-6-15(14)10-18/h3-12,23H,13H2,1-2H3,(H,24,25). The van der Waals surface area contributed by atoms with E-state index in [1.807, 2.05) is 42.5 Å². The molecule has 7 nitrogen and oxygen atoms in total. The van der Waals surface area contributed by atoms with E-state index in [4.69, 9.17) is 0 Å². The summed E-state index contributed by atoms with van der Waals surface area (Å²) in [5, 5.41) is 7.90. The third-order valence-electron chi connectivity index (χ3n) is 4.26. The lowest BCUT2D eigenvalue weighted by molar-refractivity contribution is -0.114. The van der Waals surface area contributed by atoms with Gasteiger partial charge >= 0.3 is 11.9 Å². The van der Waals surface area contributed by atoms with Crippen molar-refractivity contribution in [3.63, 3.8) is 0 Å². The number of nitrogens with one attached hydrogen (secondary N) is 2. The maximum absolute atomic E-state index is 12.3. The minimum absolute atomic E-state index is 0.00828. The van der Waals surface area contributed by atoms with Gasteiger partial charge in [0, 0.05) is 11.4 Å². The molecule has 0 heterocycles. The van der Waals surface area contributed by atoms with Gasteiger partial charge in [0.25, 0.3) is 0 Å². The number of carbonyl (C=O) groups excluding carboxylic acids is 3. The highest BCUT2D eigenvalue weighted by atomic mass is 16.5. The summed E-state index contributed by atoms with van der Waals surface area (Å²) in [7, 11) is 2.47. The highest BCUT2D eigenvalue weighted by Crippen LogP contribution is 2.19. The summed E-state index contributed by atoms with van der Waals surface area (Å²) in [6.07, 6.45) is 0. The summed E-state index contributed by atoms with van der Waals surface area (Å²) in [5.74, 6) is -1.59. The quantitative estimate of drug-likeness (QED) is 0.624. The summed E-state index contributed by atoms with van der Waals surface area (Å²) in [5.41, 5.74) is 1.36. The molecule has 0 fully saturated rings. The summed E-state index contributed by atoms with van der Waals surface area (Å²) < 4.78 is 9.38. The average Bonchev–Trinajstić information content (AvgIpc) is 2.76. The predicted molar refractivity (Wildman–Crippen MR) is 110 cm³/mol. The van der Waals surface area contributed by atoms with Crippen LogP contribution in [-0.2, 0) is 14.3 Å². The summed E-state index contributed by atoms with van der Waals surface area (Å²) in [6.45, 7) is 0.00828. The number of esters is 2. The predicted octanol–water partition coefficient (Wildman–Crippen LogP) is 3.46. The molecule has 3 aromatic rings. The minimum atomic E-state index is -0.624. The molecule has 0 saturated heterocycles. The first kappa shape index (κ1) is 19.9. The molecule has 0 atom stereocenters. The first-order valence-corrected chi connectivity index (χ1v) is 8.84. The molecule has 3 rings (SSSR count). The van der Waals surface area contributed by atoms with E-state index in [9.17, 15) is 14.4 Å². The van der Waals surface area contributed by atoms with Crippen molar-refractivity contribution in [3.05, 3.63) is 71.8 Å². The van der Waals surface area contributed by atoms with Crippen LogP contribution in [0.2, 0.25) is 0 Å². The Hall–Kier alpha value is -3.87. The van der Waals surface area contributed by atoms with Gasteiger partial charge in [-0.05, 0) is 41.1 Å². The first-order valence-electron chi connectivity index (χ1n) is 8.84. The molecule has 3 aromatic carbocycles. The Labute approximate surface area is 167 Å². The van der Waals surface area contributed by atoms with E-state index < -0.39 is 11.9 Å². The number of carbonyl (C=O) groups is 3. The zero-order valence-corrected chi connectivity index (χ0v) is 16.0. The van der Waals surface area contributed by atoms with Crippen molar-refractivity contribution in [2.45, 2.75) is 0 Å². The summed E-state index contributed by atoms with van der Waals surface area (Å²) in [4.78, 5) is 36.0. The lowest BCUT2D eigenvalue weighted by Crippen LogP contribution is -2.22. The van der Waals surface area contributed by atoms with E-state index in [-0.39, 0.29) is 23.6 Å². The highest BCUT2D eigenvalue weighted by Gasteiger charge is 2.15. The molecule has 1 amide bonds. The fourth-order valence-corrected chi connectivity index (χ4v) is 2.86. The molecule has 148 valence electrons. The van der Waals surface area contributed by atoms with Crippen LogP contribution in [0.5, 0.6) is 0 Å². The number of hydrogen-bond donors (Lipinski definition) is 2. The topological polar surface area (TPSA) is 93.7 Å². The van der Waals surface area contributed by atoms with Crippen LogP contribution < -0.4 is 10.6 Å². The Balaban J connectivity index is 1.71. The van der Waals surface area contributed by atoms with Gasteiger partial charge in [-0.2, -0.15) is 0 Å². The smallest absolute Gasteiger partial charge is 0.337 e. The number of ether oxygens (including phenoxy) is 2. The number of hydrogen-bond acceptors (Lipinski definition) is 6. The van der Waals surface area contributed by atoms with Crippen molar-refractivity contribution in [3.8, 4) is 0 Å². The van der Waals surface area contributed by atoms with Crippen LogP contribution in [0.1, 0.15) is 20.7 Å². The molecule has 0 aliphatic rings. The van der Waals surface area contributed by atoms with Crippen molar-refractivity contribution < 1.29 is 23.9 Å². The number of benzene rings is 3. The number of methoxy groups -OCH3 is 2. The Kier molecular flexibility index (Phi) is 6.09. The fourth-order valence-electron chi connectivity index (χ4n) is 2.86. The molecule has 0 unspecified atom stereocenters. The number of amides is 1. The van der Waals surface area contributed by atoms with Gasteiger partial charge in [0.05, 0.1) is 31.9 Å². The van der Waals surface area contributed by atoms with Gasteiger partial charge in [-0.3, -0.25) is 4.79 Å². The Bertz CT molecular complexity index is 1040. The lowest BCUT2D eigenvalue weighted by atomic mass is 10.1. The Morgan fingerprint density at radius 2 is 1.38 bits per heavy atom. The molecule has 0 bridgehead atoms. The van der Waals surface area contributed by atoms with Crippen LogP contribution in [0.15, 0.2) is 60.7 Å². The van der Waals surface area contributed by atoms with Gasteiger partial charge in [-0.1, -0.05) is 30.3 Å². The molecule has 0 spiro atoms. The second-order valence-corrected chi connectivity index (χ2v) is 6.25. The molecular formula is C22H20N2O5. The zero-order valence-electron chi connectivity index (χ0n) is 16.0. The fraction of sp³-hybridized carbons (Fsp3) is 0.136. The van der Waals surface area contributed by atoms with Crippen molar-refractivity contribution >= 4 is 40.0 Å². The van der Waals surface area contributed by atoms with Gasteiger partial charge in [0.2, 0.25) is 5.91 Å². The molecular weight excluding hydrogens is 372 g/mol. The second kappa shape index (κ2) is 8.88. The minimum Gasteiger partial charge on any atom is -0.465 e. The molecule has 2 N–H and O–H groups in total. The van der Waals surface area contributed by atoms with Crippen LogP contribution >= 0.6 is 0 Å². The third-order valence-corrected chi connectivity index (χ3v) is 4.26. The summed E-state index contributed by atoms with van der Waals surface area (Å²) >= 11 is 0. The monoisotopic (exact) mass is 392 g/mol. The Morgan fingerprint density at radius 3 is 2.00 bits per heavy atom. The third kappa shape index (κ3) is 4.90. The van der Waals surface area contributed by atoms with Gasteiger partial charge in [-0.25, -0.2) is 9.59 Å². The maximum Gasteiger partial charge on any atom is 0.337 e. The van der Waals surface area contributed by atoms with Crippen LogP contribution in [-0.4, -0.2) is 38.6 Å². The molecule has 29 heavy (non-hydrogen) atoms. The number of anilines is 2. The number of rotatable bonds is 6. The van der Waals surface area contributed by atoms with Crippen LogP contribution in [0.3, 0.4) is 0 Å². The van der Waals surface area contributed by atoms with Gasteiger partial charge in [0.15, 0.2) is 0 Å². The SMILES string of the molecule is COC(=O)c1cc(NC(=O)CNc2ccc3ccccc3c2)cc(C(=O)OC)c1. The van der Waals surface area contributed by atoms with Crippen LogP contribution in [0.4, 0.5) is 11.4 Å². The first-order chi connectivity index (χ1) is 14.0. The van der Waals surface area contributed by atoms with Crippen LogP contribution in [0, 0.1) is 0 Å². The molecule has 0 saturated carbocycles. The van der Waals surface area contributed by atoms with E-state index in [0.29, 0.717) is 5.69 Å². The van der Waals surface area contributed by atoms with Crippen molar-refractivity contribution in [1.82, 2.24) is 0 Å². The van der Waals surface area contributed by atoms with Gasteiger partial charge in [0.1, 0.15) is 0 Å². The molecule has 0 radical (unpaired) electrons. The molecule has 0 aliphatic heterocycles. The highest BCUT2D eigenvalue weighted by molar-refractivity contribution is 6.00. The van der Waals surface area contributed by atoms with Crippen LogP contribution in [0.25, 0.3) is 10.8 Å². The van der Waals surface area contributed by atoms with Crippen molar-refractivity contribution in [2.24, 2.45) is 0 Å².